The van der Waals surface area contributed by atoms with Crippen LogP contribution in [0, 0.1) is 18.3 Å². The molecule has 0 saturated carbocycles. The largest absolute Gasteiger partial charge is 0.434 e. The smallest absolute Gasteiger partial charge is 0.279 e. The van der Waals surface area contributed by atoms with Crippen molar-refractivity contribution in [2.45, 2.75) is 18.0 Å². The monoisotopic (exact) mass is 344 g/mol. The Hall–Kier alpha value is -2.54. The Labute approximate surface area is 130 Å². The number of halogens is 3. The zero-order valence-electron chi connectivity index (χ0n) is 12.0. The number of nitrogens with zero attached hydrogens (tertiary/aromatic N) is 3. The summed E-state index contributed by atoms with van der Waals surface area (Å²) in [4.78, 5) is -0.978. The van der Waals surface area contributed by atoms with E-state index in [4.69, 9.17) is 5.26 Å². The quantitative estimate of drug-likeness (QED) is 0.926. The molecule has 1 N–H and O–H groups in total. The first-order chi connectivity index (χ1) is 10.6. The number of alkyl halides is 3. The number of aromatic nitrogens is 2. The Morgan fingerprint density at radius 3 is 2.57 bits per heavy atom. The number of nitrogens with one attached hydrogen (secondary N) is 1. The van der Waals surface area contributed by atoms with Crippen molar-refractivity contribution in [2.75, 3.05) is 4.72 Å². The number of aryl methyl sites for hydroxylation is 2. The molecule has 1 heterocycles. The number of hydrogen-bond donors (Lipinski definition) is 1. The second kappa shape index (κ2) is 5.58. The third-order valence-electron chi connectivity index (χ3n) is 3.07. The van der Waals surface area contributed by atoms with Gasteiger partial charge >= 0.3 is 6.18 Å². The highest BCUT2D eigenvalue weighted by Crippen LogP contribution is 2.34. The van der Waals surface area contributed by atoms with Crippen molar-refractivity contribution in [3.8, 4) is 6.07 Å². The van der Waals surface area contributed by atoms with Crippen molar-refractivity contribution in [3.05, 3.63) is 41.2 Å². The van der Waals surface area contributed by atoms with Crippen molar-refractivity contribution >= 4 is 15.7 Å². The zero-order valence-corrected chi connectivity index (χ0v) is 12.8. The lowest BCUT2D eigenvalue weighted by Crippen LogP contribution is -2.20. The highest BCUT2D eigenvalue weighted by atomic mass is 32.2. The fourth-order valence-corrected chi connectivity index (χ4v) is 3.25. The molecule has 0 saturated heterocycles. The minimum atomic E-state index is -4.88. The van der Waals surface area contributed by atoms with E-state index in [1.165, 1.54) is 18.2 Å². The van der Waals surface area contributed by atoms with E-state index in [1.807, 2.05) is 6.07 Å². The molecule has 0 aliphatic rings. The van der Waals surface area contributed by atoms with Crippen molar-refractivity contribution in [1.82, 2.24) is 9.78 Å². The van der Waals surface area contributed by atoms with Crippen molar-refractivity contribution in [3.63, 3.8) is 0 Å². The van der Waals surface area contributed by atoms with Gasteiger partial charge in [0, 0.05) is 7.05 Å². The Morgan fingerprint density at radius 1 is 1.35 bits per heavy atom. The van der Waals surface area contributed by atoms with Crippen LogP contribution < -0.4 is 4.72 Å². The predicted octanol–water partition coefficient (Wildman–Crippen LogP) is 2.42. The van der Waals surface area contributed by atoms with Crippen LogP contribution in [0.3, 0.4) is 0 Å². The van der Waals surface area contributed by atoms with Gasteiger partial charge in [-0.15, -0.1) is 0 Å². The lowest BCUT2D eigenvalue weighted by Gasteiger charge is -2.13. The molecule has 0 spiro atoms. The third-order valence-corrected chi connectivity index (χ3v) is 4.44. The van der Waals surface area contributed by atoms with Crippen LogP contribution in [-0.2, 0) is 23.2 Å². The van der Waals surface area contributed by atoms with Gasteiger partial charge in [0.1, 0.15) is 4.90 Å². The van der Waals surface area contributed by atoms with E-state index in [0.717, 1.165) is 7.05 Å². The minimum Gasteiger partial charge on any atom is -0.279 e. The zero-order chi connectivity index (χ0) is 17.4. The molecule has 1 aromatic carbocycles. The molecule has 122 valence electrons. The lowest BCUT2D eigenvalue weighted by molar-refractivity contribution is -0.146. The minimum absolute atomic E-state index is 0.0287. The summed E-state index contributed by atoms with van der Waals surface area (Å²) in [5.41, 5.74) is -0.708. The Balaban J connectivity index is 2.52. The summed E-state index contributed by atoms with van der Waals surface area (Å²) in [5.74, 6) is 0. The summed E-state index contributed by atoms with van der Waals surface area (Å²) in [6.45, 7) is 1.56. The molecule has 0 radical (unpaired) electrons. The lowest BCUT2D eigenvalue weighted by atomic mass is 10.1. The van der Waals surface area contributed by atoms with Crippen molar-refractivity contribution < 1.29 is 21.6 Å². The molecule has 0 fully saturated rings. The fourth-order valence-electron chi connectivity index (χ4n) is 1.94. The highest BCUT2D eigenvalue weighted by Gasteiger charge is 2.41. The number of rotatable bonds is 3. The van der Waals surface area contributed by atoms with Crippen LogP contribution in [0.25, 0.3) is 0 Å². The van der Waals surface area contributed by atoms with Crippen LogP contribution in [0.5, 0.6) is 0 Å². The van der Waals surface area contributed by atoms with Gasteiger partial charge < -0.3 is 0 Å². The molecule has 1 aromatic heterocycles. The van der Waals surface area contributed by atoms with Crippen LogP contribution in [0.15, 0.2) is 29.3 Å². The summed E-state index contributed by atoms with van der Waals surface area (Å²) in [7, 11) is -3.51. The van der Waals surface area contributed by atoms with E-state index in [0.29, 0.717) is 16.4 Å². The van der Waals surface area contributed by atoms with E-state index >= 15 is 0 Å². The maximum absolute atomic E-state index is 13.0. The average Bonchev–Trinajstić information content (AvgIpc) is 2.84. The van der Waals surface area contributed by atoms with Gasteiger partial charge in [0.05, 0.1) is 23.5 Å². The summed E-state index contributed by atoms with van der Waals surface area (Å²) >= 11 is 0. The van der Waals surface area contributed by atoms with Gasteiger partial charge in [-0.2, -0.15) is 23.5 Å². The van der Waals surface area contributed by atoms with Gasteiger partial charge in [-0.1, -0.05) is 6.07 Å². The molecule has 0 unspecified atom stereocenters. The van der Waals surface area contributed by atoms with Gasteiger partial charge in [-0.3, -0.25) is 9.40 Å². The van der Waals surface area contributed by atoms with Crippen LogP contribution in [-0.4, -0.2) is 18.2 Å². The predicted molar refractivity (Wildman–Crippen MR) is 74.9 cm³/mol. The maximum atomic E-state index is 13.0. The van der Waals surface area contributed by atoms with Crippen LogP contribution in [0.1, 0.15) is 16.8 Å². The highest BCUT2D eigenvalue weighted by molar-refractivity contribution is 7.92. The molecule has 2 aromatic rings. The molecule has 6 nitrogen and oxygen atoms in total. The number of benzene rings is 1. The molecule has 0 amide bonds. The number of nitriles is 1. The van der Waals surface area contributed by atoms with Crippen molar-refractivity contribution in [2.24, 2.45) is 7.05 Å². The number of anilines is 1. The number of sulfonamides is 1. The first kappa shape index (κ1) is 16.8. The van der Waals surface area contributed by atoms with Gasteiger partial charge in [0.25, 0.3) is 10.0 Å². The van der Waals surface area contributed by atoms with Gasteiger partial charge in [-0.05, 0) is 24.6 Å². The number of hydrogen-bond acceptors (Lipinski definition) is 4. The second-order valence-corrected chi connectivity index (χ2v) is 6.38. The Bertz CT molecular complexity index is 895. The molecular formula is C13H11F3N4O2S. The SMILES string of the molecule is Cc1ccc(C#N)cc1NS(=O)(=O)c1cnn(C)c1C(F)(F)F. The first-order valence-corrected chi connectivity index (χ1v) is 7.67. The molecule has 23 heavy (non-hydrogen) atoms. The van der Waals surface area contributed by atoms with Gasteiger partial charge in [0.15, 0.2) is 5.69 Å². The van der Waals surface area contributed by atoms with E-state index < -0.39 is 26.8 Å². The van der Waals surface area contributed by atoms with E-state index in [-0.39, 0.29) is 11.3 Å². The van der Waals surface area contributed by atoms with Crippen LogP contribution in [0.4, 0.5) is 18.9 Å². The molecule has 2 rings (SSSR count). The Morgan fingerprint density at radius 2 is 2.00 bits per heavy atom. The summed E-state index contributed by atoms with van der Waals surface area (Å²) < 4.78 is 66.1. The van der Waals surface area contributed by atoms with Gasteiger partial charge in [-0.25, -0.2) is 8.42 Å². The van der Waals surface area contributed by atoms with E-state index in [9.17, 15) is 21.6 Å². The summed E-state index contributed by atoms with van der Waals surface area (Å²) in [6.07, 6.45) is -4.24. The van der Waals surface area contributed by atoms with E-state index in [1.54, 1.807) is 6.92 Å². The molecule has 0 bridgehead atoms. The molecule has 0 aliphatic carbocycles. The normalized spacial score (nSPS) is 12.0. The summed E-state index contributed by atoms with van der Waals surface area (Å²) in [5, 5.41) is 12.2. The first-order valence-electron chi connectivity index (χ1n) is 6.19. The van der Waals surface area contributed by atoms with E-state index in [2.05, 4.69) is 9.82 Å². The average molecular weight is 344 g/mol. The molecule has 0 atom stereocenters. The Kier molecular flexibility index (Phi) is 4.08. The second-order valence-electron chi connectivity index (χ2n) is 4.73. The molecule has 0 aliphatic heterocycles. The maximum Gasteiger partial charge on any atom is 0.434 e. The third kappa shape index (κ3) is 3.29. The molecular weight excluding hydrogens is 333 g/mol. The van der Waals surface area contributed by atoms with Crippen molar-refractivity contribution in [1.29, 1.82) is 5.26 Å². The van der Waals surface area contributed by atoms with Crippen LogP contribution in [0.2, 0.25) is 0 Å². The standard InChI is InChI=1S/C13H11F3N4O2S/c1-8-3-4-9(6-17)5-10(8)19-23(21,22)11-7-18-20(2)12(11)13(14,15)16/h3-5,7,19H,1-2H3. The van der Waals surface area contributed by atoms with Gasteiger partial charge in [0.2, 0.25) is 0 Å². The summed E-state index contributed by atoms with van der Waals surface area (Å²) in [6, 6.07) is 6.04. The molecule has 10 heteroatoms. The fraction of sp³-hybridized carbons (Fsp3) is 0.231. The topological polar surface area (TPSA) is 87.8 Å². The van der Waals surface area contributed by atoms with Crippen LogP contribution >= 0.6 is 0 Å².